The Balaban J connectivity index is 2.04. The van der Waals surface area contributed by atoms with E-state index in [1.807, 2.05) is 0 Å². The second-order valence-electron chi connectivity index (χ2n) is 6.59. The lowest BCUT2D eigenvalue weighted by Crippen LogP contribution is -2.00. The fourth-order valence-corrected chi connectivity index (χ4v) is 6.54. The van der Waals surface area contributed by atoms with Crippen LogP contribution in [0.3, 0.4) is 0 Å². The Morgan fingerprint density at radius 1 is 1.22 bits per heavy atom. The van der Waals surface area contributed by atoms with Crippen LogP contribution in [0.15, 0.2) is 46.7 Å². The maximum absolute atomic E-state index is 6.33. The van der Waals surface area contributed by atoms with E-state index in [2.05, 4.69) is 57.7 Å². The maximum Gasteiger partial charge on any atom is 0.0998 e. The average molecular weight is 326 g/mol. The minimum absolute atomic E-state index is 0.490. The van der Waals surface area contributed by atoms with Gasteiger partial charge in [-0.25, -0.2) is 0 Å². The van der Waals surface area contributed by atoms with Gasteiger partial charge in [-0.3, -0.25) is 8.37 Å². The van der Waals surface area contributed by atoms with Crippen LogP contribution in [0.1, 0.15) is 43.4 Å². The molecule has 2 aliphatic heterocycles. The van der Waals surface area contributed by atoms with Crippen LogP contribution in [0.5, 0.6) is 0 Å². The average Bonchev–Trinajstić information content (AvgIpc) is 3.06. The van der Waals surface area contributed by atoms with Crippen molar-refractivity contribution in [2.24, 2.45) is 0 Å². The third kappa shape index (κ3) is 1.84. The summed E-state index contributed by atoms with van der Waals surface area (Å²) < 4.78 is 12.4. The first-order chi connectivity index (χ1) is 11.0. The lowest BCUT2D eigenvalue weighted by atomic mass is 9.95. The third-order valence-corrected chi connectivity index (χ3v) is 7.68. The second kappa shape index (κ2) is 4.97. The summed E-state index contributed by atoms with van der Waals surface area (Å²) in [4.78, 5) is 2.48. The Morgan fingerprint density at radius 3 is 2.61 bits per heavy atom. The third-order valence-electron chi connectivity index (χ3n) is 4.84. The van der Waals surface area contributed by atoms with Crippen LogP contribution < -0.4 is 0 Å². The molecule has 0 N–H and O–H groups in total. The van der Waals surface area contributed by atoms with Crippen molar-refractivity contribution in [1.29, 1.82) is 0 Å². The molecule has 0 radical (unpaired) electrons. The van der Waals surface area contributed by atoms with Gasteiger partial charge in [-0.05, 0) is 30.0 Å². The standard InChI is InChI=1S/C20H22O2S/c1-12(2)14-6-7-16-17-9-8-15(13(3)4)18-11-22-23(21-5,20(17)18)19(16)10-14/h6-10,12H,3,11H2,1-2,4-5H3. The Morgan fingerprint density at radius 2 is 1.96 bits per heavy atom. The zero-order valence-electron chi connectivity index (χ0n) is 14.1. The van der Waals surface area contributed by atoms with Gasteiger partial charge in [-0.2, -0.15) is 0 Å². The zero-order chi connectivity index (χ0) is 16.4. The molecule has 0 aliphatic carbocycles. The Kier molecular flexibility index (Phi) is 3.24. The van der Waals surface area contributed by atoms with Crippen molar-refractivity contribution in [3.05, 3.63) is 53.6 Å². The van der Waals surface area contributed by atoms with E-state index in [1.54, 1.807) is 7.11 Å². The molecule has 0 saturated carbocycles. The summed E-state index contributed by atoms with van der Waals surface area (Å²) in [5.74, 6) is 0.490. The summed E-state index contributed by atoms with van der Waals surface area (Å²) in [6.07, 6.45) is 0. The van der Waals surface area contributed by atoms with Gasteiger partial charge in [0.1, 0.15) is 0 Å². The number of hydrogen-bond acceptors (Lipinski definition) is 2. The van der Waals surface area contributed by atoms with Crippen LogP contribution in [-0.2, 0) is 15.0 Å². The Hall–Kier alpha value is -1.55. The van der Waals surface area contributed by atoms with Crippen LogP contribution in [0.25, 0.3) is 16.7 Å². The highest BCUT2D eigenvalue weighted by Crippen LogP contribution is 2.77. The summed E-state index contributed by atoms with van der Waals surface area (Å²) >= 11 is 0. The quantitative estimate of drug-likeness (QED) is 0.683. The summed E-state index contributed by atoms with van der Waals surface area (Å²) in [6.45, 7) is 11.2. The van der Waals surface area contributed by atoms with E-state index < -0.39 is 10.6 Å². The molecule has 0 amide bonds. The van der Waals surface area contributed by atoms with Gasteiger partial charge in [0.05, 0.1) is 23.5 Å². The van der Waals surface area contributed by atoms with Gasteiger partial charge in [-0.1, -0.05) is 50.3 Å². The number of hydrogen-bond donors (Lipinski definition) is 0. The molecular weight excluding hydrogens is 304 g/mol. The molecular formula is C20H22O2S. The minimum atomic E-state index is -1.82. The first kappa shape index (κ1) is 15.0. The van der Waals surface area contributed by atoms with Gasteiger partial charge in [0.25, 0.3) is 0 Å². The van der Waals surface area contributed by atoms with Crippen molar-refractivity contribution in [3.63, 3.8) is 0 Å². The first-order valence-corrected chi connectivity index (χ1v) is 9.47. The molecule has 4 rings (SSSR count). The van der Waals surface area contributed by atoms with Crippen LogP contribution in [0.2, 0.25) is 0 Å². The SMILES string of the molecule is C=C(C)c1ccc2c3c1COS3(OC)c1cc(C(C)C)ccc1-2. The number of benzene rings is 2. The van der Waals surface area contributed by atoms with Gasteiger partial charge in [0, 0.05) is 16.7 Å². The topological polar surface area (TPSA) is 18.5 Å². The van der Waals surface area contributed by atoms with Crippen LogP contribution >= 0.6 is 10.6 Å². The van der Waals surface area contributed by atoms with Gasteiger partial charge in [0.2, 0.25) is 0 Å². The molecule has 2 nitrogen and oxygen atoms in total. The number of fused-ring (bicyclic) bond motifs is 3. The van der Waals surface area contributed by atoms with Gasteiger partial charge in [-0.15, -0.1) is 10.6 Å². The van der Waals surface area contributed by atoms with Crippen LogP contribution in [-0.4, -0.2) is 7.11 Å². The molecule has 2 heterocycles. The summed E-state index contributed by atoms with van der Waals surface area (Å²) in [5.41, 5.74) is 7.40. The van der Waals surface area contributed by atoms with E-state index in [9.17, 15) is 0 Å². The van der Waals surface area contributed by atoms with E-state index in [4.69, 9.17) is 8.37 Å². The normalized spacial score (nSPS) is 23.5. The van der Waals surface area contributed by atoms with Crippen LogP contribution in [0, 0.1) is 0 Å². The molecule has 120 valence electrons. The number of rotatable bonds is 3. The van der Waals surface area contributed by atoms with Crippen LogP contribution in [0.4, 0.5) is 0 Å². The monoisotopic (exact) mass is 326 g/mol. The van der Waals surface area contributed by atoms with Crippen molar-refractivity contribution in [2.75, 3.05) is 7.11 Å². The summed E-state index contributed by atoms with van der Waals surface area (Å²) in [5, 5.41) is 0. The zero-order valence-corrected chi connectivity index (χ0v) is 14.9. The molecule has 3 heteroatoms. The highest BCUT2D eigenvalue weighted by atomic mass is 32.3. The van der Waals surface area contributed by atoms with E-state index in [0.29, 0.717) is 12.5 Å². The summed E-state index contributed by atoms with van der Waals surface area (Å²) in [6, 6.07) is 11.1. The first-order valence-electron chi connectivity index (χ1n) is 7.99. The minimum Gasteiger partial charge on any atom is -0.278 e. The van der Waals surface area contributed by atoms with E-state index in [-0.39, 0.29) is 0 Å². The molecule has 0 spiro atoms. The molecule has 1 atom stereocenters. The molecule has 0 aromatic heterocycles. The van der Waals surface area contributed by atoms with Crippen molar-refractivity contribution < 1.29 is 8.37 Å². The fraction of sp³-hybridized carbons (Fsp3) is 0.300. The predicted molar refractivity (Wildman–Crippen MR) is 96.6 cm³/mol. The molecule has 2 aromatic carbocycles. The molecule has 0 bridgehead atoms. The second-order valence-corrected chi connectivity index (χ2v) is 9.02. The van der Waals surface area contributed by atoms with Gasteiger partial charge >= 0.3 is 0 Å². The molecule has 2 aliphatic rings. The molecule has 1 unspecified atom stereocenters. The highest BCUT2D eigenvalue weighted by Gasteiger charge is 2.44. The number of allylic oxidation sites excluding steroid dienone is 1. The van der Waals surface area contributed by atoms with Crippen molar-refractivity contribution >= 4 is 16.2 Å². The predicted octanol–water partition coefficient (Wildman–Crippen LogP) is 6.05. The largest absolute Gasteiger partial charge is 0.278 e. The van der Waals surface area contributed by atoms with Gasteiger partial charge in [0.15, 0.2) is 0 Å². The molecule has 2 aromatic rings. The lowest BCUT2D eigenvalue weighted by molar-refractivity contribution is 0.299. The Bertz CT molecular complexity index is 838. The van der Waals surface area contributed by atoms with E-state index in [0.717, 1.165) is 5.57 Å². The van der Waals surface area contributed by atoms with Crippen molar-refractivity contribution in [1.82, 2.24) is 0 Å². The smallest absolute Gasteiger partial charge is 0.0998 e. The summed E-state index contributed by atoms with van der Waals surface area (Å²) in [7, 11) is -0.0396. The fourth-order valence-electron chi connectivity index (χ4n) is 3.63. The Labute approximate surface area is 139 Å². The maximum atomic E-state index is 6.33. The molecule has 23 heavy (non-hydrogen) atoms. The van der Waals surface area contributed by atoms with Gasteiger partial charge < -0.3 is 0 Å². The van der Waals surface area contributed by atoms with Crippen molar-refractivity contribution in [3.8, 4) is 11.1 Å². The lowest BCUT2D eigenvalue weighted by Gasteiger charge is -2.35. The van der Waals surface area contributed by atoms with E-state index in [1.165, 1.54) is 37.6 Å². The molecule has 0 fully saturated rings. The highest BCUT2D eigenvalue weighted by molar-refractivity contribution is 8.26. The van der Waals surface area contributed by atoms with E-state index >= 15 is 0 Å². The van der Waals surface area contributed by atoms with Crippen molar-refractivity contribution in [2.45, 2.75) is 43.1 Å². The molecule has 0 saturated heterocycles.